The number of carbonyl (C=O) groups is 1. The van der Waals surface area contributed by atoms with Crippen molar-refractivity contribution in [3.8, 4) is 11.5 Å². The Bertz CT molecular complexity index is 852. The van der Waals surface area contributed by atoms with Gasteiger partial charge in [-0.25, -0.2) is 4.57 Å². The number of non-ortho nitro benzene ring substituents is 1. The van der Waals surface area contributed by atoms with Crippen LogP contribution in [0.4, 0.5) is 5.69 Å². The summed E-state index contributed by atoms with van der Waals surface area (Å²) in [5.74, 6) is -0.805. The number of ether oxygens (including phenoxy) is 1. The molecule has 0 aliphatic carbocycles. The third kappa shape index (κ3) is 6.39. The molecular weight excluding hydrogens is 385 g/mol. The molecule has 0 bridgehead atoms. The van der Waals surface area contributed by atoms with Crippen LogP contribution >= 0.6 is 7.60 Å². The highest BCUT2D eigenvalue weighted by Crippen LogP contribution is 2.50. The fourth-order valence-electron chi connectivity index (χ4n) is 2.28. The maximum atomic E-state index is 13.4. The van der Waals surface area contributed by atoms with Crippen molar-refractivity contribution >= 4 is 19.3 Å². The van der Waals surface area contributed by atoms with E-state index in [1.165, 1.54) is 24.3 Å². The van der Waals surface area contributed by atoms with Crippen LogP contribution in [-0.2, 0) is 14.1 Å². The minimum absolute atomic E-state index is 0.125. The van der Waals surface area contributed by atoms with E-state index in [1.807, 2.05) is 0 Å². The standard InChI is InChI=1S/C19H22NO7P/c1-14(2)25-19(21)15(3)13-28(24,26-17-7-5-4-6-8-17)27-18-11-9-16(10-12-18)20(22)23/h4-12,14-15H,13H2,1-3H3/t15-,28+/m1/s1. The van der Waals surface area contributed by atoms with Gasteiger partial charge in [-0.3, -0.25) is 14.9 Å². The molecule has 0 radical (unpaired) electrons. The quantitative estimate of drug-likeness (QED) is 0.254. The van der Waals surface area contributed by atoms with Crippen molar-refractivity contribution in [2.24, 2.45) is 5.92 Å². The maximum absolute atomic E-state index is 13.4. The van der Waals surface area contributed by atoms with Crippen LogP contribution in [0.2, 0.25) is 0 Å². The molecule has 0 amide bonds. The van der Waals surface area contributed by atoms with Gasteiger partial charge in [0.2, 0.25) is 0 Å². The number of nitrogens with zero attached hydrogens (tertiary/aromatic N) is 1. The third-order valence-electron chi connectivity index (χ3n) is 3.53. The van der Waals surface area contributed by atoms with Gasteiger partial charge in [-0.1, -0.05) is 25.1 Å². The average Bonchev–Trinajstić information content (AvgIpc) is 2.62. The van der Waals surface area contributed by atoms with Gasteiger partial charge >= 0.3 is 13.6 Å². The van der Waals surface area contributed by atoms with Crippen LogP contribution in [0.3, 0.4) is 0 Å². The van der Waals surface area contributed by atoms with E-state index in [2.05, 4.69) is 0 Å². The van der Waals surface area contributed by atoms with Gasteiger partial charge in [0.05, 0.1) is 23.1 Å². The molecule has 0 N–H and O–H groups in total. The Hall–Kier alpha value is -2.86. The summed E-state index contributed by atoms with van der Waals surface area (Å²) in [6.45, 7) is 5.01. The monoisotopic (exact) mass is 407 g/mol. The second kappa shape index (κ2) is 9.37. The number of nitro groups is 1. The first-order valence-corrected chi connectivity index (χ1v) is 10.4. The zero-order chi connectivity index (χ0) is 20.7. The smallest absolute Gasteiger partial charge is 0.431 e. The van der Waals surface area contributed by atoms with Crippen LogP contribution in [0.1, 0.15) is 20.8 Å². The first-order valence-electron chi connectivity index (χ1n) is 8.67. The summed E-state index contributed by atoms with van der Waals surface area (Å²) in [6, 6.07) is 13.6. The first-order chi connectivity index (χ1) is 13.2. The molecule has 0 fully saturated rings. The van der Waals surface area contributed by atoms with Crippen LogP contribution in [0, 0.1) is 16.0 Å². The predicted octanol–water partition coefficient (Wildman–Crippen LogP) is 4.83. The Labute approximate surface area is 163 Å². The molecule has 0 heterocycles. The lowest BCUT2D eigenvalue weighted by molar-refractivity contribution is -0.384. The molecule has 150 valence electrons. The molecule has 0 aromatic heterocycles. The van der Waals surface area contributed by atoms with Gasteiger partial charge < -0.3 is 13.8 Å². The summed E-state index contributed by atoms with van der Waals surface area (Å²) in [5.41, 5.74) is -0.125. The lowest BCUT2D eigenvalue weighted by Crippen LogP contribution is -2.23. The second-order valence-corrected chi connectivity index (χ2v) is 8.38. The summed E-state index contributed by atoms with van der Waals surface area (Å²) in [5, 5.41) is 10.8. The average molecular weight is 407 g/mol. The fraction of sp³-hybridized carbons (Fsp3) is 0.316. The second-order valence-electron chi connectivity index (χ2n) is 6.43. The van der Waals surface area contributed by atoms with Crippen LogP contribution in [0.25, 0.3) is 0 Å². The van der Waals surface area contributed by atoms with Crippen molar-refractivity contribution < 1.29 is 28.1 Å². The molecule has 8 nitrogen and oxygen atoms in total. The third-order valence-corrected chi connectivity index (χ3v) is 5.50. The number of para-hydroxylation sites is 1. The lowest BCUT2D eigenvalue weighted by Gasteiger charge is -2.22. The van der Waals surface area contributed by atoms with Gasteiger partial charge in [-0.05, 0) is 38.1 Å². The summed E-state index contributed by atoms with van der Waals surface area (Å²) >= 11 is 0. The highest BCUT2D eigenvalue weighted by molar-refractivity contribution is 7.54. The molecule has 2 rings (SSSR count). The van der Waals surface area contributed by atoms with E-state index in [-0.39, 0.29) is 23.7 Å². The number of rotatable bonds is 9. The van der Waals surface area contributed by atoms with Crippen molar-refractivity contribution in [1.82, 2.24) is 0 Å². The molecule has 2 aromatic carbocycles. The predicted molar refractivity (Wildman–Crippen MR) is 104 cm³/mol. The molecule has 2 atom stereocenters. The van der Waals surface area contributed by atoms with Crippen LogP contribution in [0.5, 0.6) is 11.5 Å². The number of benzene rings is 2. The number of carbonyl (C=O) groups excluding carboxylic acids is 1. The van der Waals surface area contributed by atoms with Gasteiger partial charge in [0.25, 0.3) is 5.69 Å². The van der Waals surface area contributed by atoms with Crippen molar-refractivity contribution in [2.75, 3.05) is 6.16 Å². The van der Waals surface area contributed by atoms with Crippen molar-refractivity contribution in [3.05, 3.63) is 64.7 Å². The van der Waals surface area contributed by atoms with E-state index < -0.39 is 24.4 Å². The zero-order valence-corrected chi connectivity index (χ0v) is 16.7. The molecule has 0 unspecified atom stereocenters. The summed E-state index contributed by atoms with van der Waals surface area (Å²) in [6.07, 6.45) is -0.523. The molecule has 2 aromatic rings. The van der Waals surface area contributed by atoms with E-state index in [0.29, 0.717) is 5.75 Å². The van der Waals surface area contributed by atoms with Gasteiger partial charge in [-0.15, -0.1) is 0 Å². The zero-order valence-electron chi connectivity index (χ0n) is 15.8. The Morgan fingerprint density at radius 2 is 1.54 bits per heavy atom. The van der Waals surface area contributed by atoms with Gasteiger partial charge in [0, 0.05) is 12.1 Å². The summed E-state index contributed by atoms with van der Waals surface area (Å²) in [4.78, 5) is 22.4. The SMILES string of the molecule is CC(C)OC(=O)[C@H](C)C[P@](=O)(Oc1ccccc1)Oc1ccc([N+](=O)[O-])cc1. The molecule has 0 saturated carbocycles. The Kier molecular flexibility index (Phi) is 7.18. The molecule has 0 aliphatic rings. The number of nitro benzene ring substituents is 1. The maximum Gasteiger partial charge on any atom is 0.431 e. The Morgan fingerprint density at radius 3 is 2.04 bits per heavy atom. The van der Waals surface area contributed by atoms with E-state index in [0.717, 1.165) is 0 Å². The van der Waals surface area contributed by atoms with E-state index in [1.54, 1.807) is 51.1 Å². The molecule has 9 heteroatoms. The summed E-state index contributed by atoms with van der Waals surface area (Å²) < 4.78 is 29.7. The van der Waals surface area contributed by atoms with Crippen molar-refractivity contribution in [1.29, 1.82) is 0 Å². The highest BCUT2D eigenvalue weighted by Gasteiger charge is 2.34. The number of hydrogen-bond donors (Lipinski definition) is 0. The minimum atomic E-state index is -3.83. The number of hydrogen-bond acceptors (Lipinski definition) is 7. The van der Waals surface area contributed by atoms with Crippen molar-refractivity contribution in [3.63, 3.8) is 0 Å². The van der Waals surface area contributed by atoms with Crippen molar-refractivity contribution in [2.45, 2.75) is 26.9 Å². The van der Waals surface area contributed by atoms with Gasteiger partial charge in [-0.2, -0.15) is 0 Å². The van der Waals surface area contributed by atoms with E-state index in [4.69, 9.17) is 13.8 Å². The first kappa shape index (κ1) is 21.4. The number of esters is 1. The van der Waals surface area contributed by atoms with E-state index in [9.17, 15) is 19.5 Å². The van der Waals surface area contributed by atoms with Crippen LogP contribution < -0.4 is 9.05 Å². The Morgan fingerprint density at radius 1 is 1.00 bits per heavy atom. The van der Waals surface area contributed by atoms with Crippen LogP contribution in [-0.4, -0.2) is 23.2 Å². The largest absolute Gasteiger partial charge is 0.463 e. The molecule has 28 heavy (non-hydrogen) atoms. The normalized spacial score (nSPS) is 14.0. The van der Waals surface area contributed by atoms with E-state index >= 15 is 0 Å². The fourth-order valence-corrected chi connectivity index (χ4v) is 4.17. The van der Waals surface area contributed by atoms with Crippen LogP contribution in [0.15, 0.2) is 54.6 Å². The lowest BCUT2D eigenvalue weighted by atomic mass is 10.2. The molecule has 0 saturated heterocycles. The highest BCUT2D eigenvalue weighted by atomic mass is 31.2. The van der Waals surface area contributed by atoms with Gasteiger partial charge in [0.1, 0.15) is 11.5 Å². The Balaban J connectivity index is 2.23. The molecule has 0 spiro atoms. The molecular formula is C19H22NO7P. The summed E-state index contributed by atoms with van der Waals surface area (Å²) in [7, 11) is -3.83. The molecule has 0 aliphatic heterocycles. The minimum Gasteiger partial charge on any atom is -0.463 e. The topological polar surface area (TPSA) is 105 Å². The van der Waals surface area contributed by atoms with Gasteiger partial charge in [0.15, 0.2) is 0 Å².